The summed E-state index contributed by atoms with van der Waals surface area (Å²) in [5.41, 5.74) is 2.62. The van der Waals surface area contributed by atoms with Gasteiger partial charge in [0.15, 0.2) is 10.9 Å². The van der Waals surface area contributed by atoms with E-state index in [0.29, 0.717) is 40.9 Å². The summed E-state index contributed by atoms with van der Waals surface area (Å²) in [5.74, 6) is 0.377. The molecule has 0 spiro atoms. The minimum Gasteiger partial charge on any atom is -0.454 e. The smallest absolute Gasteiger partial charge is 0.321 e. The van der Waals surface area contributed by atoms with Gasteiger partial charge in [0.05, 0.1) is 0 Å². The number of nitrogens with one attached hydrogen (secondary N) is 2. The summed E-state index contributed by atoms with van der Waals surface area (Å²) < 4.78 is 5.83. The van der Waals surface area contributed by atoms with Gasteiger partial charge in [0.2, 0.25) is 0 Å². The van der Waals surface area contributed by atoms with Crippen LogP contribution in [0.2, 0.25) is 0 Å². The third-order valence-corrected chi connectivity index (χ3v) is 5.44. The summed E-state index contributed by atoms with van der Waals surface area (Å²) in [6.45, 7) is 1.18. The number of aromatic nitrogens is 1. The van der Waals surface area contributed by atoms with Crippen molar-refractivity contribution >= 4 is 45.1 Å². The summed E-state index contributed by atoms with van der Waals surface area (Å²) in [4.78, 5) is 30.6. The van der Waals surface area contributed by atoms with Crippen LogP contribution in [0.1, 0.15) is 10.4 Å². The highest BCUT2D eigenvalue weighted by Gasteiger charge is 2.22. The summed E-state index contributed by atoms with van der Waals surface area (Å²) in [6, 6.07) is 16.5. The number of para-hydroxylation sites is 1. The lowest BCUT2D eigenvalue weighted by molar-refractivity contribution is 0.102. The number of anilines is 2. The van der Waals surface area contributed by atoms with Gasteiger partial charge in [0.1, 0.15) is 11.3 Å². The van der Waals surface area contributed by atoms with Crippen LogP contribution in [0.3, 0.4) is 0 Å². The first kappa shape index (κ1) is 17.4. The first-order chi connectivity index (χ1) is 14.2. The van der Waals surface area contributed by atoms with Crippen LogP contribution in [0.25, 0.3) is 22.4 Å². The quantitative estimate of drug-likeness (QED) is 0.530. The first-order valence-corrected chi connectivity index (χ1v) is 9.96. The number of thiazole rings is 1. The molecule has 4 aromatic rings. The molecule has 2 aromatic carbocycles. The van der Waals surface area contributed by atoms with E-state index in [4.69, 9.17) is 4.42 Å². The number of carbonyl (C=O) groups is 2. The molecule has 2 N–H and O–H groups in total. The number of rotatable bonds is 4. The number of urea groups is 1. The molecule has 29 heavy (non-hydrogen) atoms. The summed E-state index contributed by atoms with van der Waals surface area (Å²) in [6.07, 6.45) is 0. The van der Waals surface area contributed by atoms with Crippen molar-refractivity contribution in [2.45, 2.75) is 0 Å². The molecule has 8 heteroatoms. The van der Waals surface area contributed by atoms with Crippen molar-refractivity contribution in [1.29, 1.82) is 0 Å². The summed E-state index contributed by atoms with van der Waals surface area (Å²) in [5, 5.41) is 8.90. The summed E-state index contributed by atoms with van der Waals surface area (Å²) >= 11 is 1.33. The standard InChI is InChI=1S/C21H16N4O3S/c26-19(14-5-3-6-15(10-14)25-9-8-22-21(25)27)24-20-23-16(12-29-20)18-11-13-4-1-2-7-17(13)28-18/h1-7,10-12H,8-9H2,(H,22,27)(H,23,24,26). The fraction of sp³-hybridized carbons (Fsp3) is 0.0952. The van der Waals surface area contributed by atoms with Crippen LogP contribution in [-0.4, -0.2) is 30.0 Å². The van der Waals surface area contributed by atoms with E-state index in [1.54, 1.807) is 23.1 Å². The highest BCUT2D eigenvalue weighted by Crippen LogP contribution is 2.30. The second kappa shape index (κ2) is 7.06. The Kier molecular flexibility index (Phi) is 4.25. The molecule has 1 saturated heterocycles. The molecule has 0 aliphatic carbocycles. The molecule has 7 nitrogen and oxygen atoms in total. The van der Waals surface area contributed by atoms with Gasteiger partial charge in [-0.15, -0.1) is 11.3 Å². The lowest BCUT2D eigenvalue weighted by atomic mass is 10.2. The third kappa shape index (κ3) is 3.34. The number of hydrogen-bond acceptors (Lipinski definition) is 5. The Bertz CT molecular complexity index is 1200. The number of carbonyl (C=O) groups excluding carboxylic acids is 2. The predicted molar refractivity (Wildman–Crippen MR) is 112 cm³/mol. The molecule has 144 valence electrons. The zero-order valence-electron chi connectivity index (χ0n) is 15.2. The van der Waals surface area contributed by atoms with Crippen molar-refractivity contribution in [2.75, 3.05) is 23.3 Å². The van der Waals surface area contributed by atoms with Crippen molar-refractivity contribution in [3.8, 4) is 11.5 Å². The molecule has 0 saturated carbocycles. The van der Waals surface area contributed by atoms with Gasteiger partial charge >= 0.3 is 6.03 Å². The average molecular weight is 404 g/mol. The van der Waals surface area contributed by atoms with Crippen LogP contribution >= 0.6 is 11.3 Å². The van der Waals surface area contributed by atoms with E-state index in [9.17, 15) is 9.59 Å². The van der Waals surface area contributed by atoms with Gasteiger partial charge in [-0.2, -0.15) is 0 Å². The molecular formula is C21H16N4O3S. The molecule has 0 atom stereocenters. The Balaban J connectivity index is 1.34. The second-order valence-electron chi connectivity index (χ2n) is 6.57. The molecule has 0 radical (unpaired) electrons. The lowest BCUT2D eigenvalue weighted by Gasteiger charge is -2.14. The highest BCUT2D eigenvalue weighted by molar-refractivity contribution is 7.14. The zero-order valence-corrected chi connectivity index (χ0v) is 16.0. The Hall–Kier alpha value is -3.65. The largest absolute Gasteiger partial charge is 0.454 e. The molecule has 1 fully saturated rings. The Labute approximate surface area is 170 Å². The predicted octanol–water partition coefficient (Wildman–Crippen LogP) is 4.34. The zero-order chi connectivity index (χ0) is 19.8. The van der Waals surface area contributed by atoms with Crippen LogP contribution < -0.4 is 15.5 Å². The van der Waals surface area contributed by atoms with Gasteiger partial charge in [-0.25, -0.2) is 9.78 Å². The maximum absolute atomic E-state index is 12.7. The number of hydrogen-bond donors (Lipinski definition) is 2. The highest BCUT2D eigenvalue weighted by atomic mass is 32.1. The molecule has 3 heterocycles. The fourth-order valence-corrected chi connectivity index (χ4v) is 3.95. The van der Waals surface area contributed by atoms with Gasteiger partial charge in [0.25, 0.3) is 5.91 Å². The van der Waals surface area contributed by atoms with Gasteiger partial charge < -0.3 is 9.73 Å². The van der Waals surface area contributed by atoms with E-state index in [1.165, 1.54) is 11.3 Å². The van der Waals surface area contributed by atoms with Crippen molar-refractivity contribution in [1.82, 2.24) is 10.3 Å². The minimum absolute atomic E-state index is 0.155. The maximum atomic E-state index is 12.7. The summed E-state index contributed by atoms with van der Waals surface area (Å²) in [7, 11) is 0. The third-order valence-electron chi connectivity index (χ3n) is 4.68. The monoisotopic (exact) mass is 404 g/mol. The van der Waals surface area contributed by atoms with E-state index in [1.807, 2.05) is 41.8 Å². The van der Waals surface area contributed by atoms with E-state index < -0.39 is 0 Å². The van der Waals surface area contributed by atoms with Crippen LogP contribution in [0.4, 0.5) is 15.6 Å². The number of amides is 3. The van der Waals surface area contributed by atoms with Crippen LogP contribution in [-0.2, 0) is 0 Å². The molecule has 0 unspecified atom stereocenters. The van der Waals surface area contributed by atoms with Crippen LogP contribution in [0, 0.1) is 0 Å². The van der Waals surface area contributed by atoms with Crippen LogP contribution in [0.15, 0.2) is 64.4 Å². The van der Waals surface area contributed by atoms with Crippen LogP contribution in [0.5, 0.6) is 0 Å². The van der Waals surface area contributed by atoms with E-state index in [-0.39, 0.29) is 11.9 Å². The van der Waals surface area contributed by atoms with Gasteiger partial charge in [-0.05, 0) is 30.3 Å². The average Bonchev–Trinajstić information content (AvgIpc) is 3.47. The Morgan fingerprint density at radius 2 is 2.07 bits per heavy atom. The Morgan fingerprint density at radius 1 is 1.17 bits per heavy atom. The Morgan fingerprint density at radius 3 is 2.90 bits per heavy atom. The maximum Gasteiger partial charge on any atom is 0.321 e. The van der Waals surface area contributed by atoms with E-state index in [0.717, 1.165) is 11.0 Å². The molecular weight excluding hydrogens is 388 g/mol. The SMILES string of the molecule is O=C(Nc1nc(-c2cc3ccccc3o2)cs1)c1cccc(N2CCNC2=O)c1. The van der Waals surface area contributed by atoms with Crippen molar-refractivity contribution < 1.29 is 14.0 Å². The molecule has 0 bridgehead atoms. The van der Waals surface area contributed by atoms with Crippen molar-refractivity contribution in [3.05, 3.63) is 65.5 Å². The topological polar surface area (TPSA) is 87.5 Å². The van der Waals surface area contributed by atoms with Gasteiger partial charge in [-0.3, -0.25) is 15.0 Å². The lowest BCUT2D eigenvalue weighted by Crippen LogP contribution is -2.27. The number of nitrogens with zero attached hydrogens (tertiary/aromatic N) is 2. The molecule has 1 aliphatic rings. The molecule has 3 amide bonds. The first-order valence-electron chi connectivity index (χ1n) is 9.09. The molecule has 1 aliphatic heterocycles. The molecule has 5 rings (SSSR count). The molecule has 2 aromatic heterocycles. The van der Waals surface area contributed by atoms with Gasteiger partial charge in [0, 0.05) is 35.1 Å². The van der Waals surface area contributed by atoms with Crippen molar-refractivity contribution in [3.63, 3.8) is 0 Å². The number of benzene rings is 2. The normalized spacial score (nSPS) is 13.7. The van der Waals surface area contributed by atoms with E-state index in [2.05, 4.69) is 15.6 Å². The second-order valence-corrected chi connectivity index (χ2v) is 7.43. The minimum atomic E-state index is -0.281. The number of fused-ring (bicyclic) bond motifs is 1. The van der Waals surface area contributed by atoms with Crippen molar-refractivity contribution in [2.24, 2.45) is 0 Å². The van der Waals surface area contributed by atoms with Gasteiger partial charge in [-0.1, -0.05) is 24.3 Å². The number of furan rings is 1. The van der Waals surface area contributed by atoms with E-state index >= 15 is 0 Å². The fourth-order valence-electron chi connectivity index (χ4n) is 3.25.